The number of hydrogen-bond donors (Lipinski definition) is 1. The Labute approximate surface area is 141 Å². The highest BCUT2D eigenvalue weighted by atomic mass is 35.5. The summed E-state index contributed by atoms with van der Waals surface area (Å²) in [6.07, 6.45) is 0. The highest BCUT2D eigenvalue weighted by Crippen LogP contribution is 2.31. The van der Waals surface area contributed by atoms with E-state index in [-0.39, 0.29) is 34.5 Å². The number of carbonyl (C=O) groups excluding carboxylic acids is 1. The lowest BCUT2D eigenvalue weighted by Crippen LogP contribution is -2.20. The molecule has 0 aliphatic carbocycles. The Hall–Kier alpha value is -2.87. The molecule has 7 nitrogen and oxygen atoms in total. The minimum atomic E-state index is -0.574. The van der Waals surface area contributed by atoms with Gasteiger partial charge in [-0.15, -0.1) is 0 Å². The molecule has 0 radical (unpaired) electrons. The van der Waals surface area contributed by atoms with Crippen LogP contribution in [0.1, 0.15) is 0 Å². The molecular formula is C15H12ClFN2O5. The molecule has 0 aromatic heterocycles. The van der Waals surface area contributed by atoms with Crippen molar-refractivity contribution in [1.82, 2.24) is 0 Å². The van der Waals surface area contributed by atoms with Gasteiger partial charge in [0.25, 0.3) is 11.6 Å². The van der Waals surface area contributed by atoms with Gasteiger partial charge in [-0.1, -0.05) is 11.6 Å². The number of benzene rings is 2. The summed E-state index contributed by atoms with van der Waals surface area (Å²) in [5.74, 6) is -0.769. The predicted octanol–water partition coefficient (Wildman–Crippen LogP) is 3.41. The average Bonchev–Trinajstić information content (AvgIpc) is 2.55. The van der Waals surface area contributed by atoms with Crippen LogP contribution >= 0.6 is 11.6 Å². The largest absolute Gasteiger partial charge is 0.493 e. The number of carbonyl (C=O) groups is 1. The standard InChI is InChI=1S/C15H12ClFN2O5/c1-23-14-7-10(19(21)22)3-5-13(14)24-8-15(20)18-12-4-2-9(17)6-11(12)16/h2-7H,8H2,1H3,(H,18,20). The molecule has 0 fully saturated rings. The maximum Gasteiger partial charge on any atom is 0.273 e. The number of halogens is 2. The molecule has 0 atom stereocenters. The molecule has 2 rings (SSSR count). The van der Waals surface area contributed by atoms with Crippen LogP contribution in [0.15, 0.2) is 36.4 Å². The smallest absolute Gasteiger partial charge is 0.273 e. The molecule has 24 heavy (non-hydrogen) atoms. The number of amides is 1. The molecule has 0 bridgehead atoms. The number of hydrogen-bond acceptors (Lipinski definition) is 5. The van der Waals surface area contributed by atoms with Crippen LogP contribution in [0, 0.1) is 15.9 Å². The summed E-state index contributed by atoms with van der Waals surface area (Å²) >= 11 is 5.81. The van der Waals surface area contributed by atoms with Gasteiger partial charge < -0.3 is 14.8 Å². The summed E-state index contributed by atoms with van der Waals surface area (Å²) in [7, 11) is 1.32. The first-order chi connectivity index (χ1) is 11.4. The second-order valence-electron chi connectivity index (χ2n) is 4.55. The van der Waals surface area contributed by atoms with Crippen LogP contribution in [-0.2, 0) is 4.79 Å². The van der Waals surface area contributed by atoms with E-state index < -0.39 is 16.6 Å². The van der Waals surface area contributed by atoms with Gasteiger partial charge in [0.1, 0.15) is 5.82 Å². The van der Waals surface area contributed by atoms with Gasteiger partial charge in [0.15, 0.2) is 18.1 Å². The second-order valence-corrected chi connectivity index (χ2v) is 4.96. The lowest BCUT2D eigenvalue weighted by molar-refractivity contribution is -0.384. The number of rotatable bonds is 6. The second kappa shape index (κ2) is 7.60. The molecule has 0 heterocycles. The van der Waals surface area contributed by atoms with Gasteiger partial charge in [-0.05, 0) is 24.3 Å². The van der Waals surface area contributed by atoms with E-state index in [1.807, 2.05) is 0 Å². The van der Waals surface area contributed by atoms with E-state index in [1.165, 1.54) is 31.4 Å². The van der Waals surface area contributed by atoms with E-state index in [1.54, 1.807) is 0 Å². The van der Waals surface area contributed by atoms with E-state index in [0.717, 1.165) is 12.1 Å². The number of ether oxygens (including phenoxy) is 2. The molecule has 0 spiro atoms. The Morgan fingerprint density at radius 3 is 2.67 bits per heavy atom. The summed E-state index contributed by atoms with van der Waals surface area (Å²) in [6.45, 7) is -0.387. The molecule has 0 unspecified atom stereocenters. The summed E-state index contributed by atoms with van der Waals surface area (Å²) in [4.78, 5) is 22.0. The van der Waals surface area contributed by atoms with Crippen molar-refractivity contribution in [2.24, 2.45) is 0 Å². The summed E-state index contributed by atoms with van der Waals surface area (Å²) < 4.78 is 23.2. The van der Waals surface area contributed by atoms with Crippen LogP contribution in [0.5, 0.6) is 11.5 Å². The third-order valence-corrected chi connectivity index (χ3v) is 3.23. The van der Waals surface area contributed by atoms with E-state index in [2.05, 4.69) is 5.32 Å². The van der Waals surface area contributed by atoms with Gasteiger partial charge in [0, 0.05) is 6.07 Å². The normalized spacial score (nSPS) is 10.1. The zero-order valence-electron chi connectivity index (χ0n) is 12.4. The van der Waals surface area contributed by atoms with Crippen molar-refractivity contribution in [3.63, 3.8) is 0 Å². The fourth-order valence-corrected chi connectivity index (χ4v) is 2.02. The summed E-state index contributed by atoms with van der Waals surface area (Å²) in [5, 5.41) is 13.2. The van der Waals surface area contributed by atoms with Gasteiger partial charge in [0.2, 0.25) is 0 Å². The van der Waals surface area contributed by atoms with E-state index in [4.69, 9.17) is 21.1 Å². The van der Waals surface area contributed by atoms with Crippen molar-refractivity contribution < 1.29 is 23.6 Å². The molecule has 0 saturated carbocycles. The Balaban J connectivity index is 2.02. The minimum absolute atomic E-state index is 0.0521. The highest BCUT2D eigenvalue weighted by Gasteiger charge is 2.14. The molecular weight excluding hydrogens is 343 g/mol. The molecule has 2 aromatic carbocycles. The summed E-state index contributed by atoms with van der Waals surface area (Å²) in [5.41, 5.74) is 0.0732. The fraction of sp³-hybridized carbons (Fsp3) is 0.133. The van der Waals surface area contributed by atoms with Gasteiger partial charge in [-0.25, -0.2) is 4.39 Å². The van der Waals surface area contributed by atoms with E-state index >= 15 is 0 Å². The third kappa shape index (κ3) is 4.32. The quantitative estimate of drug-likeness (QED) is 0.634. The third-order valence-electron chi connectivity index (χ3n) is 2.92. The van der Waals surface area contributed by atoms with Crippen molar-refractivity contribution in [3.8, 4) is 11.5 Å². The molecule has 0 aliphatic heterocycles. The Morgan fingerprint density at radius 2 is 2.04 bits per heavy atom. The first-order valence-corrected chi connectivity index (χ1v) is 6.98. The number of non-ortho nitro benzene ring substituents is 1. The van der Waals surface area contributed by atoms with Crippen molar-refractivity contribution in [3.05, 3.63) is 57.4 Å². The number of anilines is 1. The van der Waals surface area contributed by atoms with Crippen LogP contribution in [0.4, 0.5) is 15.8 Å². The van der Waals surface area contributed by atoms with Crippen LogP contribution in [0.2, 0.25) is 5.02 Å². The molecule has 1 amide bonds. The Bertz CT molecular complexity index is 784. The zero-order valence-corrected chi connectivity index (χ0v) is 13.2. The van der Waals surface area contributed by atoms with E-state index in [9.17, 15) is 19.3 Å². The van der Waals surface area contributed by atoms with Crippen LogP contribution in [0.3, 0.4) is 0 Å². The van der Waals surface area contributed by atoms with Crippen LogP contribution < -0.4 is 14.8 Å². The maximum absolute atomic E-state index is 12.9. The fourth-order valence-electron chi connectivity index (χ4n) is 1.81. The monoisotopic (exact) mass is 354 g/mol. The number of nitrogens with one attached hydrogen (secondary N) is 1. The van der Waals surface area contributed by atoms with Crippen molar-refractivity contribution in [1.29, 1.82) is 0 Å². The molecule has 2 aromatic rings. The lowest BCUT2D eigenvalue weighted by atomic mass is 10.3. The van der Waals surface area contributed by atoms with Gasteiger partial charge in [0.05, 0.1) is 28.8 Å². The Morgan fingerprint density at radius 1 is 1.29 bits per heavy atom. The molecule has 126 valence electrons. The van der Waals surface area contributed by atoms with E-state index in [0.29, 0.717) is 0 Å². The Kier molecular flexibility index (Phi) is 5.54. The van der Waals surface area contributed by atoms with Crippen molar-refractivity contribution in [2.45, 2.75) is 0 Å². The van der Waals surface area contributed by atoms with Crippen molar-refractivity contribution >= 4 is 28.9 Å². The first kappa shape index (κ1) is 17.5. The number of nitro benzene ring substituents is 1. The van der Waals surface area contributed by atoms with Gasteiger partial charge >= 0.3 is 0 Å². The van der Waals surface area contributed by atoms with Gasteiger partial charge in [-0.2, -0.15) is 0 Å². The SMILES string of the molecule is COc1cc([N+](=O)[O-])ccc1OCC(=O)Nc1ccc(F)cc1Cl. The summed E-state index contributed by atoms with van der Waals surface area (Å²) in [6, 6.07) is 7.28. The average molecular weight is 355 g/mol. The minimum Gasteiger partial charge on any atom is -0.493 e. The molecule has 9 heteroatoms. The molecule has 0 saturated heterocycles. The zero-order chi connectivity index (χ0) is 17.7. The molecule has 0 aliphatic rings. The highest BCUT2D eigenvalue weighted by molar-refractivity contribution is 6.33. The van der Waals surface area contributed by atoms with Gasteiger partial charge in [-0.3, -0.25) is 14.9 Å². The number of nitrogens with zero attached hydrogens (tertiary/aromatic N) is 1. The molecule has 1 N–H and O–H groups in total. The van der Waals surface area contributed by atoms with Crippen LogP contribution in [-0.4, -0.2) is 24.5 Å². The topological polar surface area (TPSA) is 90.7 Å². The van der Waals surface area contributed by atoms with Crippen LogP contribution in [0.25, 0.3) is 0 Å². The maximum atomic E-state index is 12.9. The number of nitro groups is 1. The van der Waals surface area contributed by atoms with Crippen molar-refractivity contribution in [2.75, 3.05) is 19.0 Å². The number of methoxy groups -OCH3 is 1. The first-order valence-electron chi connectivity index (χ1n) is 6.61. The lowest BCUT2D eigenvalue weighted by Gasteiger charge is -2.11. The predicted molar refractivity (Wildman–Crippen MR) is 85.2 cm³/mol.